The first kappa shape index (κ1) is 94.5. The van der Waals surface area contributed by atoms with Crippen LogP contribution in [-0.2, 0) is 76.5 Å². The minimum atomic E-state index is -5.08. The molecule has 0 bridgehead atoms. The molecule has 40 heteroatoms. The van der Waals surface area contributed by atoms with E-state index in [0.29, 0.717) is 0 Å². The summed E-state index contributed by atoms with van der Waals surface area (Å²) in [5.74, 6) is -20.1. The van der Waals surface area contributed by atoms with Crippen LogP contribution in [0.2, 0.25) is 0 Å². The van der Waals surface area contributed by atoms with Gasteiger partial charge < -0.3 is 115 Å². The summed E-state index contributed by atoms with van der Waals surface area (Å²) in [5, 5.41) is 78.8. The fourth-order valence-electron chi connectivity index (χ4n) is 11.0. The molecular weight excluding hydrogens is 1440 g/mol. The third-order valence-electron chi connectivity index (χ3n) is 17.0. The van der Waals surface area contributed by atoms with Gasteiger partial charge in [0, 0.05) is 13.7 Å². The minimum Gasteiger partial charge on any atom is -0.475 e. The number of aliphatic hydroxyl groups is 4. The number of methoxy groups -OCH3 is 1. The number of carboxylic acids is 1. The Hall–Kier alpha value is -9.54. The zero-order valence-corrected chi connectivity index (χ0v) is 63.2. The first-order valence-corrected chi connectivity index (χ1v) is 35.0. The Labute approximate surface area is 623 Å². The Morgan fingerprint density at radius 3 is 1.73 bits per heavy atom. The Bertz CT molecular complexity index is 3290. The number of rotatable bonds is 22. The Balaban J connectivity index is 0.00000537. The number of aliphatic hydroxyl groups excluding tert-OH is 4. The van der Waals surface area contributed by atoms with Crippen LogP contribution in [0.4, 0.5) is 18.0 Å². The van der Waals surface area contributed by atoms with E-state index in [1.165, 1.54) is 51.3 Å². The fraction of sp³-hybridized carbons (Fsp3) is 0.691. The van der Waals surface area contributed by atoms with Crippen molar-refractivity contribution in [2.24, 2.45) is 45.4 Å². The maximum Gasteiger partial charge on any atom is 0.490 e. The van der Waals surface area contributed by atoms with Crippen molar-refractivity contribution in [1.82, 2.24) is 58.5 Å². The number of hydrogen-bond acceptors (Lipinski definition) is 22. The van der Waals surface area contributed by atoms with Gasteiger partial charge in [-0.25, -0.2) is 14.4 Å². The Morgan fingerprint density at radius 1 is 0.713 bits per heavy atom. The number of aliphatic carboxylic acids is 1. The van der Waals surface area contributed by atoms with E-state index in [-0.39, 0.29) is 75.9 Å². The number of benzene rings is 1. The number of guanidine groups is 1. The van der Waals surface area contributed by atoms with Crippen molar-refractivity contribution in [3.05, 3.63) is 35.9 Å². The molecule has 1 saturated heterocycles. The lowest BCUT2D eigenvalue weighted by molar-refractivity contribution is -0.192. The number of alkyl halides is 3. The van der Waals surface area contributed by atoms with E-state index < -0.39 is 222 Å². The van der Waals surface area contributed by atoms with Gasteiger partial charge in [-0.3, -0.25) is 57.7 Å². The number of amides is 12. The van der Waals surface area contributed by atoms with Gasteiger partial charge in [-0.2, -0.15) is 13.2 Å². The zero-order chi connectivity index (χ0) is 82.7. The number of aliphatic imine (C=N–C) groups is 1. The van der Waals surface area contributed by atoms with E-state index in [9.17, 15) is 81.5 Å². The van der Waals surface area contributed by atoms with Crippen molar-refractivity contribution in [3.8, 4) is 0 Å². The van der Waals surface area contributed by atoms with E-state index >= 15 is 14.4 Å². The molecule has 108 heavy (non-hydrogen) atoms. The van der Waals surface area contributed by atoms with Crippen molar-refractivity contribution in [3.63, 3.8) is 0 Å². The second-order valence-electron chi connectivity index (χ2n) is 29.4. The van der Waals surface area contributed by atoms with Gasteiger partial charge in [-0.05, 0) is 108 Å². The van der Waals surface area contributed by atoms with E-state index in [4.69, 9.17) is 41.3 Å². The molecule has 1 aliphatic heterocycles. The monoisotopic (exact) mass is 1550 g/mol. The zero-order valence-electron chi connectivity index (χ0n) is 63.2. The van der Waals surface area contributed by atoms with Gasteiger partial charge in [0.25, 0.3) is 0 Å². The lowest BCUT2D eigenvalue weighted by atomic mass is 9.78. The molecule has 1 heterocycles. The number of ether oxygens (including phenoxy) is 3. The van der Waals surface area contributed by atoms with Gasteiger partial charge in [0.1, 0.15) is 59.5 Å². The molecule has 0 aromatic heterocycles. The largest absolute Gasteiger partial charge is 0.490 e. The standard InChI is InChI=1S/C66H109N15O20.C2HF3O2/c1-15-34(6)43-56(92)78-44(35(7)83)55(91)71-30-42(84)76-46(49(86)51(67)87)58(94)74-41(31-82)60(96)100-50(36-20-17-16-18-21-36)47(80-61(97)66(25-23-37(99-14)24-26-66)81-54(90)40(29-64(8,9)10)75-63(98)101-65(11,12)13)59(95)79-45(48(85)33(4)5)57(93)73-39(28-32(2)3)53(89)72-38(52(88)77-43)22-19-27-70-62(68)69;3-2(4,5)1(6)7/h16-18,20-21,32-35,37-41,43-50,82-83,85-86H,15,19,22-31H2,1-14H3,(H2,67,87)(H,71,91)(H,72,89)(H,73,93)(H,74,94)(H,75,98)(H,76,84)(H,77,88)(H,78,92)(H,79,95)(H,80,97)(H,81,90)(H4,68,69,70);(H,6,7)/t34-,35-,37?,38+,39-,40+,41-,43-,44-,45-,46-,47-,48+,49-,50+,66?;/m0./s1. The highest BCUT2D eigenvalue weighted by Crippen LogP contribution is 2.33. The number of carbonyl (C=O) groups excluding carboxylic acids is 13. The van der Waals surface area contributed by atoms with Crippen LogP contribution in [0.3, 0.4) is 0 Å². The third-order valence-corrected chi connectivity index (χ3v) is 17.0. The molecule has 12 amide bonds. The van der Waals surface area contributed by atoms with Crippen molar-refractivity contribution >= 4 is 89.0 Å². The quantitative estimate of drug-likeness (QED) is 0.0239. The van der Waals surface area contributed by atoms with E-state index in [1.54, 1.807) is 69.2 Å². The molecule has 3 rings (SSSR count). The van der Waals surface area contributed by atoms with Crippen LogP contribution in [0.5, 0.6) is 0 Å². The van der Waals surface area contributed by atoms with Crippen molar-refractivity contribution < 1.29 is 120 Å². The van der Waals surface area contributed by atoms with E-state index in [1.807, 2.05) is 10.6 Å². The average Bonchev–Trinajstić information content (AvgIpc) is 0.782. The van der Waals surface area contributed by atoms with E-state index in [0.717, 1.165) is 6.92 Å². The average molecular weight is 1550 g/mol. The summed E-state index contributed by atoms with van der Waals surface area (Å²) in [6, 6.07) is -9.97. The second-order valence-corrected chi connectivity index (χ2v) is 29.4. The number of nitrogens with two attached hydrogens (primary N) is 3. The fourth-order valence-corrected chi connectivity index (χ4v) is 11.0. The summed E-state index contributed by atoms with van der Waals surface area (Å²) in [6.45, 7) is 18.4. The minimum absolute atomic E-state index is 0.00899. The number of cyclic esters (lactones) is 1. The second kappa shape index (κ2) is 42.9. The molecule has 22 N–H and O–H groups in total. The van der Waals surface area contributed by atoms with Crippen molar-refractivity contribution in [1.29, 1.82) is 0 Å². The predicted octanol–water partition coefficient (Wildman–Crippen LogP) is -2.93. The Morgan fingerprint density at radius 2 is 1.24 bits per heavy atom. The van der Waals surface area contributed by atoms with Gasteiger partial charge in [0.05, 0.1) is 31.5 Å². The molecule has 2 aliphatic rings. The molecule has 1 saturated carbocycles. The summed E-state index contributed by atoms with van der Waals surface area (Å²) in [5.41, 5.74) is 12.8. The lowest BCUT2D eigenvalue weighted by Crippen LogP contribution is -2.67. The molecule has 0 radical (unpaired) electrons. The highest BCUT2D eigenvalue weighted by Gasteiger charge is 2.49. The number of primary amides is 1. The first-order valence-electron chi connectivity index (χ1n) is 35.0. The molecule has 610 valence electrons. The van der Waals surface area contributed by atoms with Crippen molar-refractivity contribution in [2.75, 3.05) is 26.8 Å². The maximum atomic E-state index is 15.8. The van der Waals surface area contributed by atoms with Crippen LogP contribution < -0.4 is 75.7 Å². The molecule has 2 fully saturated rings. The summed E-state index contributed by atoms with van der Waals surface area (Å²) >= 11 is 0. The Kier molecular flexibility index (Phi) is 37.5. The van der Waals surface area contributed by atoms with Gasteiger partial charge in [0.2, 0.25) is 65.0 Å². The van der Waals surface area contributed by atoms with Gasteiger partial charge in [0.15, 0.2) is 24.2 Å². The third kappa shape index (κ3) is 31.3. The van der Waals surface area contributed by atoms with Crippen LogP contribution in [0, 0.1) is 23.2 Å². The summed E-state index contributed by atoms with van der Waals surface area (Å²) in [7, 11) is 1.44. The number of halogens is 3. The first-order chi connectivity index (χ1) is 49.9. The molecule has 0 spiro atoms. The van der Waals surface area contributed by atoms with Crippen LogP contribution >= 0.6 is 0 Å². The van der Waals surface area contributed by atoms with Gasteiger partial charge in [-0.15, -0.1) is 0 Å². The molecule has 1 aromatic rings. The van der Waals surface area contributed by atoms with Crippen LogP contribution in [0.25, 0.3) is 0 Å². The summed E-state index contributed by atoms with van der Waals surface area (Å²) in [6.07, 6.45) is -15.2. The SMILES string of the molecule is CC[C@H](C)[C@@H]1NC(=O)[C@@H](CCCN=C(N)N)NC(=O)[C@H](CC(C)C)NC(=O)[C@H]([C@H](O)C(C)C)NC(=O)[C@@H](NC(=O)C2(NC(=O)[C@@H](CC(C)(C)C)NC(=O)OC(C)(C)C)CCC(OC)CC2)[C@@H](c2ccccc2)OC(=O)[C@H](CO)NC(=O)[C@H]([C@H](O)C(N)=O)NC(=O)CNC(=O)[C@H]([C@H](C)O)NC1=O.O=C(O)C(F)(F)F. The number of alkyl carbamates (subject to hydrolysis) is 1. The topological polar surface area (TPSA) is 591 Å². The highest BCUT2D eigenvalue weighted by molar-refractivity contribution is 6.01. The number of hydrogen-bond donors (Lipinski definition) is 19. The molecule has 0 unspecified atom stereocenters. The van der Waals surface area contributed by atoms with Gasteiger partial charge in [-0.1, -0.05) is 99.1 Å². The molecule has 37 nitrogen and oxygen atoms in total. The van der Waals surface area contributed by atoms with Crippen LogP contribution in [0.15, 0.2) is 35.3 Å². The number of nitrogens with one attached hydrogen (secondary N) is 11. The number of carboxylic acid groups (broad SMARTS) is 1. The highest BCUT2D eigenvalue weighted by atomic mass is 19.4. The van der Waals surface area contributed by atoms with Crippen molar-refractivity contribution in [2.45, 2.75) is 250 Å². The molecule has 14 atom stereocenters. The summed E-state index contributed by atoms with van der Waals surface area (Å²) in [4.78, 5) is 200. The van der Waals surface area contributed by atoms with Crippen LogP contribution in [0.1, 0.15) is 159 Å². The number of nitrogens with zero attached hydrogens (tertiary/aromatic N) is 1. The molecule has 1 aliphatic carbocycles. The maximum absolute atomic E-state index is 15.8. The summed E-state index contributed by atoms with van der Waals surface area (Å²) < 4.78 is 48.9. The number of carbonyl (C=O) groups is 14. The molecular formula is C68H110F3N15O22. The smallest absolute Gasteiger partial charge is 0.475 e. The lowest BCUT2D eigenvalue weighted by Gasteiger charge is -2.41. The van der Waals surface area contributed by atoms with E-state index in [2.05, 4.69) is 52.8 Å². The number of esters is 1. The predicted molar refractivity (Wildman–Crippen MR) is 378 cm³/mol. The van der Waals surface area contributed by atoms with Gasteiger partial charge >= 0.3 is 24.2 Å². The van der Waals surface area contributed by atoms with Crippen LogP contribution in [-0.4, -0.2) is 237 Å². The molecule has 1 aromatic carbocycles. The normalized spacial score (nSPS) is 25.3.